The number of benzene rings is 2. The van der Waals surface area contributed by atoms with Gasteiger partial charge in [-0.3, -0.25) is 4.79 Å². The number of carbonyl (C=O) groups excluding carboxylic acids is 1. The van der Waals surface area contributed by atoms with Crippen molar-refractivity contribution in [3.05, 3.63) is 71.0 Å². The number of rotatable bonds is 2. The van der Waals surface area contributed by atoms with Gasteiger partial charge >= 0.3 is 0 Å². The number of nitrogens with zero attached hydrogens (tertiary/aromatic N) is 1. The van der Waals surface area contributed by atoms with Gasteiger partial charge in [0.15, 0.2) is 0 Å². The third-order valence-corrected chi connectivity index (χ3v) is 4.41. The van der Waals surface area contributed by atoms with Crippen LogP contribution in [0.2, 0.25) is 0 Å². The molecule has 1 heterocycles. The molecule has 0 spiro atoms. The van der Waals surface area contributed by atoms with Gasteiger partial charge in [-0.2, -0.15) is 0 Å². The molecule has 0 atom stereocenters. The number of amides is 1. The van der Waals surface area contributed by atoms with Gasteiger partial charge in [-0.15, -0.1) is 0 Å². The van der Waals surface area contributed by atoms with Crippen LogP contribution >= 0.6 is 0 Å². The van der Waals surface area contributed by atoms with Crippen molar-refractivity contribution in [3.8, 4) is 0 Å². The molecule has 24 heavy (non-hydrogen) atoms. The first-order valence-electron chi connectivity index (χ1n) is 7.62. The summed E-state index contributed by atoms with van der Waals surface area (Å²) in [7, 11) is 0. The molecule has 1 fully saturated rings. The van der Waals surface area contributed by atoms with Crippen molar-refractivity contribution in [2.45, 2.75) is 18.4 Å². The van der Waals surface area contributed by atoms with Gasteiger partial charge in [0.25, 0.3) is 5.91 Å². The van der Waals surface area contributed by atoms with Gasteiger partial charge in [0, 0.05) is 24.7 Å². The SMILES string of the molecule is O=C(c1ccc(F)cc1F)N1CCC(O)(c2ccccc2F)CC1. The fraction of sp³-hybridized carbons (Fsp3) is 0.278. The molecule has 126 valence electrons. The first-order chi connectivity index (χ1) is 11.4. The highest BCUT2D eigenvalue weighted by molar-refractivity contribution is 5.94. The smallest absolute Gasteiger partial charge is 0.256 e. The van der Waals surface area contributed by atoms with E-state index in [4.69, 9.17) is 0 Å². The molecule has 1 amide bonds. The van der Waals surface area contributed by atoms with Gasteiger partial charge in [0.1, 0.15) is 17.5 Å². The Hall–Kier alpha value is -2.34. The van der Waals surface area contributed by atoms with Crippen LogP contribution in [-0.4, -0.2) is 29.0 Å². The molecule has 0 aliphatic carbocycles. The van der Waals surface area contributed by atoms with Gasteiger partial charge in [-0.05, 0) is 31.0 Å². The summed E-state index contributed by atoms with van der Waals surface area (Å²) >= 11 is 0. The quantitative estimate of drug-likeness (QED) is 0.915. The van der Waals surface area contributed by atoms with E-state index in [0.717, 1.165) is 12.1 Å². The summed E-state index contributed by atoms with van der Waals surface area (Å²) < 4.78 is 40.6. The van der Waals surface area contributed by atoms with Crippen molar-refractivity contribution >= 4 is 5.91 Å². The maximum Gasteiger partial charge on any atom is 0.256 e. The van der Waals surface area contributed by atoms with Gasteiger partial charge in [0.2, 0.25) is 0 Å². The number of carbonyl (C=O) groups is 1. The van der Waals surface area contributed by atoms with E-state index in [1.165, 1.54) is 23.1 Å². The van der Waals surface area contributed by atoms with E-state index in [1.54, 1.807) is 6.07 Å². The molecule has 6 heteroatoms. The van der Waals surface area contributed by atoms with E-state index < -0.39 is 29.0 Å². The normalized spacial score (nSPS) is 16.9. The summed E-state index contributed by atoms with van der Waals surface area (Å²) in [4.78, 5) is 13.7. The van der Waals surface area contributed by atoms with Gasteiger partial charge in [-0.25, -0.2) is 13.2 Å². The highest BCUT2D eigenvalue weighted by Crippen LogP contribution is 2.34. The molecule has 3 nitrogen and oxygen atoms in total. The fourth-order valence-corrected chi connectivity index (χ4v) is 3.02. The molecular weight excluding hydrogens is 319 g/mol. The van der Waals surface area contributed by atoms with Crippen LogP contribution in [0.15, 0.2) is 42.5 Å². The molecule has 2 aromatic carbocycles. The molecule has 3 rings (SSSR count). The summed E-state index contributed by atoms with van der Waals surface area (Å²) in [6.45, 7) is 0.307. The topological polar surface area (TPSA) is 40.5 Å². The summed E-state index contributed by atoms with van der Waals surface area (Å²) in [5, 5.41) is 10.7. The number of hydrogen-bond acceptors (Lipinski definition) is 2. The zero-order chi connectivity index (χ0) is 17.3. The lowest BCUT2D eigenvalue weighted by Crippen LogP contribution is -2.45. The van der Waals surface area contributed by atoms with Crippen molar-refractivity contribution < 1.29 is 23.1 Å². The van der Waals surface area contributed by atoms with E-state index in [0.29, 0.717) is 6.07 Å². The zero-order valence-corrected chi connectivity index (χ0v) is 12.8. The number of likely N-dealkylation sites (tertiary alicyclic amines) is 1. The summed E-state index contributed by atoms with van der Waals surface area (Å²) in [5.74, 6) is -2.74. The Morgan fingerprint density at radius 2 is 1.67 bits per heavy atom. The first kappa shape index (κ1) is 16.5. The van der Waals surface area contributed by atoms with E-state index >= 15 is 0 Å². The number of aliphatic hydroxyl groups is 1. The molecule has 0 bridgehead atoms. The Morgan fingerprint density at radius 3 is 2.29 bits per heavy atom. The Balaban J connectivity index is 1.75. The third kappa shape index (κ3) is 3.01. The van der Waals surface area contributed by atoms with Crippen LogP contribution in [0.25, 0.3) is 0 Å². The maximum atomic E-state index is 13.9. The first-order valence-corrected chi connectivity index (χ1v) is 7.62. The molecule has 0 saturated carbocycles. The van der Waals surface area contributed by atoms with Crippen LogP contribution in [0.1, 0.15) is 28.8 Å². The van der Waals surface area contributed by atoms with Crippen LogP contribution < -0.4 is 0 Å². The highest BCUT2D eigenvalue weighted by atomic mass is 19.1. The summed E-state index contributed by atoms with van der Waals surface area (Å²) in [6, 6.07) is 8.76. The minimum absolute atomic E-state index is 0.141. The minimum atomic E-state index is -1.36. The number of piperidine rings is 1. The lowest BCUT2D eigenvalue weighted by atomic mass is 9.84. The molecule has 1 N–H and O–H groups in total. The maximum absolute atomic E-state index is 13.9. The van der Waals surface area contributed by atoms with Crippen molar-refractivity contribution in [1.82, 2.24) is 4.90 Å². The van der Waals surface area contributed by atoms with E-state index in [-0.39, 0.29) is 37.1 Å². The minimum Gasteiger partial charge on any atom is -0.385 e. The third-order valence-electron chi connectivity index (χ3n) is 4.41. The summed E-state index contributed by atoms with van der Waals surface area (Å²) in [6.07, 6.45) is 0.283. The predicted octanol–water partition coefficient (Wildman–Crippen LogP) is 3.23. The Bertz CT molecular complexity index is 771. The Morgan fingerprint density at radius 1 is 1.00 bits per heavy atom. The molecule has 0 unspecified atom stereocenters. The second-order valence-corrected chi connectivity index (χ2v) is 5.93. The van der Waals surface area contributed by atoms with Crippen LogP contribution in [0.4, 0.5) is 13.2 Å². The van der Waals surface area contributed by atoms with Crippen LogP contribution in [0.5, 0.6) is 0 Å². The Labute approximate surface area is 137 Å². The van der Waals surface area contributed by atoms with Crippen molar-refractivity contribution in [2.75, 3.05) is 13.1 Å². The second-order valence-electron chi connectivity index (χ2n) is 5.93. The average molecular weight is 335 g/mol. The predicted molar refractivity (Wildman–Crippen MR) is 81.8 cm³/mol. The molecule has 1 aliphatic heterocycles. The lowest BCUT2D eigenvalue weighted by Gasteiger charge is -2.38. The van der Waals surface area contributed by atoms with Crippen LogP contribution in [0.3, 0.4) is 0 Å². The van der Waals surface area contributed by atoms with Gasteiger partial charge in [0.05, 0.1) is 11.2 Å². The molecular formula is C18H16F3NO2. The van der Waals surface area contributed by atoms with Crippen LogP contribution in [0, 0.1) is 17.5 Å². The largest absolute Gasteiger partial charge is 0.385 e. The van der Waals surface area contributed by atoms with Crippen LogP contribution in [-0.2, 0) is 5.60 Å². The van der Waals surface area contributed by atoms with E-state index in [2.05, 4.69) is 0 Å². The fourth-order valence-electron chi connectivity index (χ4n) is 3.02. The number of hydrogen-bond donors (Lipinski definition) is 1. The Kier molecular flexibility index (Phi) is 4.32. The molecule has 0 radical (unpaired) electrons. The van der Waals surface area contributed by atoms with Crippen molar-refractivity contribution in [3.63, 3.8) is 0 Å². The van der Waals surface area contributed by atoms with Crippen molar-refractivity contribution in [1.29, 1.82) is 0 Å². The molecule has 1 aliphatic rings. The highest BCUT2D eigenvalue weighted by Gasteiger charge is 2.37. The number of halogens is 3. The molecule has 2 aromatic rings. The molecule has 0 aromatic heterocycles. The lowest BCUT2D eigenvalue weighted by molar-refractivity contribution is -0.0236. The zero-order valence-electron chi connectivity index (χ0n) is 12.8. The monoisotopic (exact) mass is 335 g/mol. The van der Waals surface area contributed by atoms with E-state index in [9.17, 15) is 23.1 Å². The standard InChI is InChI=1S/C18H16F3NO2/c19-12-5-6-13(16(21)11-12)17(23)22-9-7-18(24,8-10-22)14-3-1-2-4-15(14)20/h1-6,11,24H,7-10H2. The average Bonchev–Trinajstić information content (AvgIpc) is 2.55. The van der Waals surface area contributed by atoms with Gasteiger partial charge < -0.3 is 10.0 Å². The van der Waals surface area contributed by atoms with Gasteiger partial charge in [-0.1, -0.05) is 18.2 Å². The van der Waals surface area contributed by atoms with E-state index in [1.807, 2.05) is 0 Å². The molecule has 1 saturated heterocycles. The summed E-state index contributed by atoms with van der Waals surface area (Å²) in [5.41, 5.74) is -1.37. The van der Waals surface area contributed by atoms with Crippen molar-refractivity contribution in [2.24, 2.45) is 0 Å². The second kappa shape index (κ2) is 6.28.